The standard InChI is InChI=1S/C15H14BrFN2O2/c1-20-14-6-9(2-4-11(14)15(18)19)8-21-10-3-5-12(16)13(17)7-10/h2-7H,8H2,1H3,(H3,18,19). The Hall–Kier alpha value is -2.08. The maximum absolute atomic E-state index is 13.4. The molecule has 0 fully saturated rings. The topological polar surface area (TPSA) is 68.3 Å². The first kappa shape index (κ1) is 15.3. The predicted octanol–water partition coefficient (Wildman–Crippen LogP) is 3.46. The van der Waals surface area contributed by atoms with Crippen molar-refractivity contribution < 1.29 is 13.9 Å². The molecule has 4 nitrogen and oxygen atoms in total. The number of halogens is 2. The van der Waals surface area contributed by atoms with E-state index in [1.54, 1.807) is 30.3 Å². The maximum atomic E-state index is 13.4. The van der Waals surface area contributed by atoms with E-state index in [0.717, 1.165) is 5.56 Å². The lowest BCUT2D eigenvalue weighted by Crippen LogP contribution is -2.12. The Morgan fingerprint density at radius 1 is 1.29 bits per heavy atom. The van der Waals surface area contributed by atoms with Crippen LogP contribution in [0.2, 0.25) is 0 Å². The van der Waals surface area contributed by atoms with Crippen LogP contribution in [-0.2, 0) is 6.61 Å². The van der Waals surface area contributed by atoms with Gasteiger partial charge in [-0.25, -0.2) is 4.39 Å². The summed E-state index contributed by atoms with van der Waals surface area (Å²) in [6, 6.07) is 9.80. The molecule has 6 heteroatoms. The number of benzene rings is 2. The van der Waals surface area contributed by atoms with Crippen molar-refractivity contribution >= 4 is 21.8 Å². The molecule has 0 aromatic heterocycles. The Labute approximate surface area is 130 Å². The normalized spacial score (nSPS) is 10.2. The lowest BCUT2D eigenvalue weighted by molar-refractivity contribution is 0.303. The summed E-state index contributed by atoms with van der Waals surface area (Å²) < 4.78 is 24.5. The molecule has 0 atom stereocenters. The molecule has 0 radical (unpaired) electrons. The van der Waals surface area contributed by atoms with Crippen molar-refractivity contribution in [3.05, 3.63) is 57.8 Å². The van der Waals surface area contributed by atoms with Gasteiger partial charge in [-0.15, -0.1) is 0 Å². The monoisotopic (exact) mass is 352 g/mol. The summed E-state index contributed by atoms with van der Waals surface area (Å²) in [7, 11) is 1.51. The van der Waals surface area contributed by atoms with Crippen molar-refractivity contribution in [1.29, 1.82) is 5.41 Å². The van der Waals surface area contributed by atoms with Crippen LogP contribution in [0.25, 0.3) is 0 Å². The number of hydrogen-bond acceptors (Lipinski definition) is 3. The highest BCUT2D eigenvalue weighted by Crippen LogP contribution is 2.23. The first-order valence-corrected chi connectivity index (χ1v) is 6.89. The van der Waals surface area contributed by atoms with Crippen molar-refractivity contribution in [1.82, 2.24) is 0 Å². The summed E-state index contributed by atoms with van der Waals surface area (Å²) in [6.07, 6.45) is 0. The lowest BCUT2D eigenvalue weighted by Gasteiger charge is -2.11. The van der Waals surface area contributed by atoms with Gasteiger partial charge in [0.1, 0.15) is 29.8 Å². The van der Waals surface area contributed by atoms with Crippen LogP contribution in [0.3, 0.4) is 0 Å². The molecule has 2 aromatic rings. The molecule has 0 bridgehead atoms. The Balaban J connectivity index is 2.13. The molecular formula is C15H14BrFN2O2. The summed E-state index contributed by atoms with van der Waals surface area (Å²) in [5.74, 6) is 0.502. The molecule has 0 spiro atoms. The second-order valence-electron chi connectivity index (χ2n) is 4.31. The number of nitrogens with two attached hydrogens (primary N) is 1. The number of nitrogens with one attached hydrogen (secondary N) is 1. The number of nitrogen functional groups attached to an aromatic ring is 1. The third kappa shape index (κ3) is 3.72. The SMILES string of the molecule is COc1cc(COc2ccc(Br)c(F)c2)ccc1C(=N)N. The molecule has 0 amide bonds. The molecule has 0 heterocycles. The van der Waals surface area contributed by atoms with Gasteiger partial charge in [0.2, 0.25) is 0 Å². The molecule has 3 N–H and O–H groups in total. The van der Waals surface area contributed by atoms with E-state index in [9.17, 15) is 4.39 Å². The van der Waals surface area contributed by atoms with Gasteiger partial charge in [-0.2, -0.15) is 0 Å². The Morgan fingerprint density at radius 3 is 2.67 bits per heavy atom. The molecule has 110 valence electrons. The Morgan fingerprint density at radius 2 is 2.05 bits per heavy atom. The van der Waals surface area contributed by atoms with E-state index in [1.165, 1.54) is 13.2 Å². The van der Waals surface area contributed by atoms with Crippen LogP contribution in [-0.4, -0.2) is 12.9 Å². The van der Waals surface area contributed by atoms with Crippen LogP contribution >= 0.6 is 15.9 Å². The third-order valence-electron chi connectivity index (χ3n) is 2.85. The average molecular weight is 353 g/mol. The van der Waals surface area contributed by atoms with E-state index >= 15 is 0 Å². The van der Waals surface area contributed by atoms with Gasteiger partial charge in [-0.3, -0.25) is 5.41 Å². The molecule has 0 aliphatic carbocycles. The molecule has 0 aliphatic rings. The fraction of sp³-hybridized carbons (Fsp3) is 0.133. The van der Waals surface area contributed by atoms with E-state index in [0.29, 0.717) is 21.5 Å². The molecule has 0 aliphatic heterocycles. The van der Waals surface area contributed by atoms with Gasteiger partial charge in [-0.05, 0) is 45.8 Å². The van der Waals surface area contributed by atoms with Gasteiger partial charge < -0.3 is 15.2 Å². The summed E-state index contributed by atoms with van der Waals surface area (Å²) in [4.78, 5) is 0. The van der Waals surface area contributed by atoms with Gasteiger partial charge >= 0.3 is 0 Å². The average Bonchev–Trinajstić information content (AvgIpc) is 2.48. The van der Waals surface area contributed by atoms with Gasteiger partial charge in [0.05, 0.1) is 17.1 Å². The summed E-state index contributed by atoms with van der Waals surface area (Å²) in [5, 5.41) is 7.45. The fourth-order valence-corrected chi connectivity index (χ4v) is 2.03. The number of methoxy groups -OCH3 is 1. The highest BCUT2D eigenvalue weighted by molar-refractivity contribution is 9.10. The van der Waals surface area contributed by atoms with Gasteiger partial charge in [0, 0.05) is 6.07 Å². The highest BCUT2D eigenvalue weighted by atomic mass is 79.9. The van der Waals surface area contributed by atoms with E-state index in [-0.39, 0.29) is 18.3 Å². The zero-order chi connectivity index (χ0) is 15.4. The van der Waals surface area contributed by atoms with Crippen molar-refractivity contribution in [3.8, 4) is 11.5 Å². The van der Waals surface area contributed by atoms with Gasteiger partial charge in [0.15, 0.2) is 0 Å². The van der Waals surface area contributed by atoms with Gasteiger partial charge in [0.25, 0.3) is 0 Å². The summed E-state index contributed by atoms with van der Waals surface area (Å²) in [6.45, 7) is 0.260. The number of rotatable bonds is 5. The smallest absolute Gasteiger partial charge is 0.141 e. The second kappa shape index (κ2) is 6.58. The second-order valence-corrected chi connectivity index (χ2v) is 5.17. The van der Waals surface area contributed by atoms with E-state index in [4.69, 9.17) is 20.6 Å². The van der Waals surface area contributed by atoms with Crippen LogP contribution in [0.5, 0.6) is 11.5 Å². The number of amidine groups is 1. The maximum Gasteiger partial charge on any atom is 0.141 e. The molecule has 0 saturated heterocycles. The predicted molar refractivity (Wildman–Crippen MR) is 82.4 cm³/mol. The highest BCUT2D eigenvalue weighted by Gasteiger charge is 2.08. The molecule has 2 aromatic carbocycles. The summed E-state index contributed by atoms with van der Waals surface area (Å²) >= 11 is 3.09. The van der Waals surface area contributed by atoms with Gasteiger partial charge in [-0.1, -0.05) is 6.07 Å². The zero-order valence-electron chi connectivity index (χ0n) is 11.3. The first-order valence-electron chi connectivity index (χ1n) is 6.10. The van der Waals surface area contributed by atoms with Crippen LogP contribution in [0.15, 0.2) is 40.9 Å². The number of ether oxygens (including phenoxy) is 2. The molecule has 0 unspecified atom stereocenters. The Bertz CT molecular complexity index is 677. The molecule has 0 saturated carbocycles. The zero-order valence-corrected chi connectivity index (χ0v) is 12.9. The quantitative estimate of drug-likeness (QED) is 0.639. The van der Waals surface area contributed by atoms with E-state index in [2.05, 4.69) is 15.9 Å². The molecular weight excluding hydrogens is 339 g/mol. The minimum Gasteiger partial charge on any atom is -0.496 e. The van der Waals surface area contributed by atoms with Crippen molar-refractivity contribution in [2.75, 3.05) is 7.11 Å². The number of hydrogen-bond donors (Lipinski definition) is 2. The van der Waals surface area contributed by atoms with Crippen molar-refractivity contribution in [3.63, 3.8) is 0 Å². The molecule has 2 rings (SSSR count). The van der Waals surface area contributed by atoms with E-state index in [1.807, 2.05) is 0 Å². The van der Waals surface area contributed by atoms with E-state index < -0.39 is 0 Å². The third-order valence-corrected chi connectivity index (χ3v) is 3.50. The van der Waals surface area contributed by atoms with Crippen molar-refractivity contribution in [2.24, 2.45) is 5.73 Å². The summed E-state index contributed by atoms with van der Waals surface area (Å²) in [5.41, 5.74) is 6.82. The Kier molecular flexibility index (Phi) is 4.80. The minimum atomic E-state index is -0.378. The van der Waals surface area contributed by atoms with Crippen LogP contribution < -0.4 is 15.2 Å². The van der Waals surface area contributed by atoms with Crippen LogP contribution in [0.4, 0.5) is 4.39 Å². The largest absolute Gasteiger partial charge is 0.496 e. The lowest BCUT2D eigenvalue weighted by atomic mass is 10.1. The fourth-order valence-electron chi connectivity index (χ4n) is 1.78. The van der Waals surface area contributed by atoms with Crippen LogP contribution in [0.1, 0.15) is 11.1 Å². The minimum absolute atomic E-state index is 0.0608. The molecule has 21 heavy (non-hydrogen) atoms. The van der Waals surface area contributed by atoms with Crippen LogP contribution in [0, 0.1) is 11.2 Å². The van der Waals surface area contributed by atoms with Crippen molar-refractivity contribution in [2.45, 2.75) is 6.61 Å². The first-order chi connectivity index (χ1) is 10.0.